The normalized spacial score (nSPS) is 21.2. The van der Waals surface area contributed by atoms with E-state index in [1.54, 1.807) is 19.2 Å². The Morgan fingerprint density at radius 1 is 1.12 bits per heavy atom. The van der Waals surface area contributed by atoms with Crippen LogP contribution in [0.5, 0.6) is 5.75 Å². The number of carbonyl (C=O) groups is 1. The van der Waals surface area contributed by atoms with E-state index in [1.807, 2.05) is 12.1 Å². The van der Waals surface area contributed by atoms with E-state index in [2.05, 4.69) is 32.1 Å². The van der Waals surface area contributed by atoms with Crippen LogP contribution in [0.15, 0.2) is 59.6 Å². The van der Waals surface area contributed by atoms with Gasteiger partial charge in [-0.15, -0.1) is 0 Å². The molecule has 0 saturated carbocycles. The molecule has 0 saturated heterocycles. The van der Waals surface area contributed by atoms with Crippen LogP contribution in [0, 0.1) is 0 Å². The predicted molar refractivity (Wildman–Crippen MR) is 117 cm³/mol. The molecule has 4 rings (SSSR count). The monoisotopic (exact) mass is 538 g/mol. The molecule has 2 radical (unpaired) electrons. The molecule has 1 aliphatic heterocycles. The number of alkyl halides is 3. The third-order valence-electron chi connectivity index (χ3n) is 5.62. The van der Waals surface area contributed by atoms with Gasteiger partial charge in [-0.2, -0.15) is 0 Å². The molecule has 33 heavy (non-hydrogen) atoms. The van der Waals surface area contributed by atoms with Gasteiger partial charge in [0.25, 0.3) is 0 Å². The number of allylic oxidation sites excluding steroid dienone is 2. The van der Waals surface area contributed by atoms with Crippen LogP contribution in [-0.2, 0) is 20.5 Å². The van der Waals surface area contributed by atoms with Gasteiger partial charge in [-0.1, -0.05) is 0 Å². The number of hydrogen-bond acceptors (Lipinski definition) is 5. The molecule has 1 amide bonds. The van der Waals surface area contributed by atoms with Gasteiger partial charge in [-0.3, -0.25) is 0 Å². The topological polar surface area (TPSA) is 76.0 Å². The standard InChI is InChI=1S/C22H18AsF3N2O4S/c1-28-19(29)21(27-20(28)23,16-9-4-8-15(12-16)14-6-2-3-7-14)17-10-5-11-18(13-17)32-33(30,31)22(24,25)26/h4-6,8-13H,2-3,7H2,1H3. The average Bonchev–Trinajstić information content (AvgIpc) is 3.37. The molecule has 0 spiro atoms. The molecule has 2 aromatic rings. The molecule has 1 atom stereocenters. The summed E-state index contributed by atoms with van der Waals surface area (Å²) in [5.41, 5.74) is -4.40. The Morgan fingerprint density at radius 2 is 1.79 bits per heavy atom. The maximum absolute atomic E-state index is 13.5. The number of halogens is 3. The summed E-state index contributed by atoms with van der Waals surface area (Å²) in [4.78, 5) is 19.4. The minimum atomic E-state index is -5.87. The number of benzene rings is 2. The van der Waals surface area contributed by atoms with Crippen LogP contribution >= 0.6 is 0 Å². The Labute approximate surface area is 197 Å². The summed E-state index contributed by atoms with van der Waals surface area (Å²) in [5, 5.41) is 0. The zero-order valence-corrected chi connectivity index (χ0v) is 20.0. The summed E-state index contributed by atoms with van der Waals surface area (Å²) >= 11 is 2.19. The van der Waals surface area contributed by atoms with E-state index in [0.717, 1.165) is 42.5 Å². The number of likely N-dealkylation sites (N-methyl/N-ethyl adjacent to an activating group) is 1. The number of nitrogens with zero attached hydrogens (tertiary/aromatic N) is 2. The van der Waals surface area contributed by atoms with E-state index in [0.29, 0.717) is 10.2 Å². The van der Waals surface area contributed by atoms with Crippen LogP contribution in [-0.4, -0.2) is 53.3 Å². The van der Waals surface area contributed by atoms with E-state index >= 15 is 0 Å². The molecular weight excluding hydrogens is 520 g/mol. The van der Waals surface area contributed by atoms with Gasteiger partial charge in [-0.25, -0.2) is 0 Å². The maximum atomic E-state index is 13.5. The van der Waals surface area contributed by atoms with Crippen molar-refractivity contribution < 1.29 is 30.6 Å². The van der Waals surface area contributed by atoms with Gasteiger partial charge in [0.05, 0.1) is 0 Å². The van der Waals surface area contributed by atoms with Crippen LogP contribution in [0.25, 0.3) is 5.57 Å². The van der Waals surface area contributed by atoms with Crippen molar-refractivity contribution in [3.63, 3.8) is 0 Å². The number of amides is 1. The number of hydrogen-bond donors (Lipinski definition) is 0. The SMILES string of the molecule is CN1C(=O)C(c2cccc(OS(=O)(=O)C(F)(F)F)c2)(c2cccc(C3=CCCC3)c2)N=C1[As]. The second-order valence-corrected chi connectivity index (χ2v) is 10.1. The molecule has 0 fully saturated rings. The van der Waals surface area contributed by atoms with Gasteiger partial charge in [0.1, 0.15) is 0 Å². The third kappa shape index (κ3) is 4.10. The average molecular weight is 538 g/mol. The molecule has 6 nitrogen and oxygen atoms in total. The number of carbonyl (C=O) groups excluding carboxylic acids is 1. The van der Waals surface area contributed by atoms with Gasteiger partial charge in [-0.05, 0) is 0 Å². The van der Waals surface area contributed by atoms with Crippen LogP contribution in [0.1, 0.15) is 36.0 Å². The zero-order valence-electron chi connectivity index (χ0n) is 17.3. The molecule has 0 bridgehead atoms. The molecule has 172 valence electrons. The van der Waals surface area contributed by atoms with Gasteiger partial charge in [0.15, 0.2) is 0 Å². The predicted octanol–water partition coefficient (Wildman–Crippen LogP) is 3.72. The Hall–Kier alpha value is -2.58. The first-order chi connectivity index (χ1) is 15.5. The van der Waals surface area contributed by atoms with Gasteiger partial charge < -0.3 is 0 Å². The summed E-state index contributed by atoms with van der Waals surface area (Å²) in [6, 6.07) is 12.3. The second-order valence-electron chi connectivity index (χ2n) is 7.70. The van der Waals surface area contributed by atoms with Crippen LogP contribution < -0.4 is 4.18 Å². The van der Waals surface area contributed by atoms with Gasteiger partial charge in [0, 0.05) is 0 Å². The quantitative estimate of drug-likeness (QED) is 0.331. The number of rotatable bonds is 5. The van der Waals surface area contributed by atoms with Crippen LogP contribution in [0.4, 0.5) is 13.2 Å². The molecule has 1 aliphatic carbocycles. The van der Waals surface area contributed by atoms with E-state index < -0.39 is 32.8 Å². The second kappa shape index (κ2) is 8.33. The third-order valence-corrected chi connectivity index (χ3v) is 7.43. The summed E-state index contributed by atoms with van der Waals surface area (Å²) in [7, 11) is -4.33. The summed E-state index contributed by atoms with van der Waals surface area (Å²) in [5.74, 6) is -0.991. The van der Waals surface area contributed by atoms with Crippen molar-refractivity contribution in [1.82, 2.24) is 4.90 Å². The van der Waals surface area contributed by atoms with Crippen molar-refractivity contribution in [2.24, 2.45) is 4.99 Å². The number of amidine groups is 1. The Bertz CT molecular complexity index is 1290. The van der Waals surface area contributed by atoms with Crippen LogP contribution in [0.3, 0.4) is 0 Å². The summed E-state index contributed by atoms with van der Waals surface area (Å²) in [6.45, 7) is 0. The fourth-order valence-corrected chi connectivity index (χ4v) is 4.93. The first-order valence-electron chi connectivity index (χ1n) is 9.94. The molecule has 11 heteroatoms. The first kappa shape index (κ1) is 23.6. The summed E-state index contributed by atoms with van der Waals surface area (Å²) in [6.07, 6.45) is 5.04. The van der Waals surface area contributed by atoms with Crippen molar-refractivity contribution in [3.05, 3.63) is 71.3 Å². The molecular formula is C22H18AsF3N2O4S. The molecule has 0 N–H and O–H groups in total. The van der Waals surface area contributed by atoms with Crippen molar-refractivity contribution in [2.75, 3.05) is 7.05 Å². The fourth-order valence-electron chi connectivity index (χ4n) is 3.97. The Kier molecular flexibility index (Phi) is 5.95. The number of aliphatic imine (C=N–C) groups is 1. The fraction of sp³-hybridized carbons (Fsp3) is 0.273. The van der Waals surface area contributed by atoms with E-state index in [9.17, 15) is 26.4 Å². The Morgan fingerprint density at radius 3 is 2.36 bits per heavy atom. The van der Waals surface area contributed by atoms with Crippen molar-refractivity contribution in [1.29, 1.82) is 0 Å². The van der Waals surface area contributed by atoms with E-state index in [1.165, 1.54) is 17.0 Å². The van der Waals surface area contributed by atoms with Crippen molar-refractivity contribution in [2.45, 2.75) is 30.3 Å². The minimum absolute atomic E-state index is 0.188. The molecule has 0 aromatic heterocycles. The Balaban J connectivity index is 1.86. The van der Waals surface area contributed by atoms with E-state index in [4.69, 9.17) is 0 Å². The molecule has 1 heterocycles. The van der Waals surface area contributed by atoms with Crippen LogP contribution in [0.2, 0.25) is 0 Å². The molecule has 2 aromatic carbocycles. The van der Waals surface area contributed by atoms with E-state index in [-0.39, 0.29) is 5.56 Å². The first-order valence-corrected chi connectivity index (χ1v) is 12.3. The van der Waals surface area contributed by atoms with Gasteiger partial charge >= 0.3 is 198 Å². The van der Waals surface area contributed by atoms with Crippen molar-refractivity contribution >= 4 is 43.1 Å². The van der Waals surface area contributed by atoms with Gasteiger partial charge in [0.2, 0.25) is 0 Å². The molecule has 2 aliphatic rings. The van der Waals surface area contributed by atoms with Crippen molar-refractivity contribution in [3.8, 4) is 5.75 Å². The molecule has 1 unspecified atom stereocenters. The zero-order chi connectivity index (χ0) is 24.0. The summed E-state index contributed by atoms with van der Waals surface area (Å²) < 4.78 is 66.1.